The molecule has 0 saturated carbocycles. The largest absolute Gasteiger partial charge is 0.353 e. The second kappa shape index (κ2) is 6.67. The van der Waals surface area contributed by atoms with Crippen LogP contribution >= 0.6 is 0 Å². The molecular weight excluding hydrogens is 278 g/mol. The van der Waals surface area contributed by atoms with Crippen LogP contribution in [0.25, 0.3) is 0 Å². The van der Waals surface area contributed by atoms with Crippen LogP contribution in [0.4, 0.5) is 0 Å². The summed E-state index contributed by atoms with van der Waals surface area (Å²) in [5.41, 5.74) is 1.67. The molecule has 0 atom stereocenters. The van der Waals surface area contributed by atoms with Gasteiger partial charge < -0.3 is 9.47 Å². The van der Waals surface area contributed by atoms with Crippen molar-refractivity contribution >= 4 is 10.0 Å². The first kappa shape index (κ1) is 15.4. The molecule has 2 rings (SSSR count). The van der Waals surface area contributed by atoms with Gasteiger partial charge in [-0.15, -0.1) is 0 Å². The molecule has 0 aliphatic carbocycles. The Morgan fingerprint density at radius 3 is 2.65 bits per heavy atom. The van der Waals surface area contributed by atoms with Crippen molar-refractivity contribution in [3.63, 3.8) is 0 Å². The Morgan fingerprint density at radius 2 is 1.95 bits per heavy atom. The Bertz CT molecular complexity index is 550. The number of benzene rings is 1. The molecule has 1 aliphatic heterocycles. The Labute approximate surface area is 120 Å². The van der Waals surface area contributed by atoms with Crippen molar-refractivity contribution in [2.24, 2.45) is 0 Å². The van der Waals surface area contributed by atoms with Gasteiger partial charge in [-0.05, 0) is 37.5 Å². The maximum absolute atomic E-state index is 12.3. The normalized spacial score (nSPS) is 17.3. The van der Waals surface area contributed by atoms with E-state index in [1.165, 1.54) is 0 Å². The predicted octanol–water partition coefficient (Wildman–Crippen LogP) is 1.73. The molecule has 1 N–H and O–H groups in total. The lowest BCUT2D eigenvalue weighted by Crippen LogP contribution is -2.32. The van der Waals surface area contributed by atoms with Crippen molar-refractivity contribution in [1.82, 2.24) is 4.72 Å². The second-order valence-corrected chi connectivity index (χ2v) is 6.72. The summed E-state index contributed by atoms with van der Waals surface area (Å²) in [5, 5.41) is 0. The van der Waals surface area contributed by atoms with Crippen LogP contribution in [-0.4, -0.2) is 34.5 Å². The van der Waals surface area contributed by atoms with Crippen molar-refractivity contribution in [3.05, 3.63) is 29.3 Å². The smallest absolute Gasteiger partial charge is 0.240 e. The van der Waals surface area contributed by atoms with E-state index < -0.39 is 10.0 Å². The summed E-state index contributed by atoms with van der Waals surface area (Å²) in [5.74, 6) is 0. The summed E-state index contributed by atoms with van der Waals surface area (Å²) in [6.07, 6.45) is 1.11. The van der Waals surface area contributed by atoms with Crippen LogP contribution < -0.4 is 4.72 Å². The van der Waals surface area contributed by atoms with E-state index in [1.54, 1.807) is 13.0 Å². The lowest BCUT2D eigenvalue weighted by Gasteiger charge is -2.23. The Morgan fingerprint density at radius 1 is 1.25 bits per heavy atom. The van der Waals surface area contributed by atoms with Crippen molar-refractivity contribution < 1.29 is 17.9 Å². The third-order valence-electron chi connectivity index (χ3n) is 3.20. The molecule has 0 spiro atoms. The van der Waals surface area contributed by atoms with Crippen molar-refractivity contribution in [1.29, 1.82) is 0 Å². The van der Waals surface area contributed by atoms with Crippen LogP contribution in [0.15, 0.2) is 23.1 Å². The zero-order chi connectivity index (χ0) is 14.6. The van der Waals surface area contributed by atoms with Gasteiger partial charge in [0.2, 0.25) is 10.0 Å². The SMILES string of the molecule is Cc1ccc(C)c(S(=O)(=O)NCCC2OCCCO2)c1. The average molecular weight is 299 g/mol. The van der Waals surface area contributed by atoms with Crippen molar-refractivity contribution in [3.8, 4) is 0 Å². The first-order chi connectivity index (χ1) is 9.49. The molecule has 112 valence electrons. The van der Waals surface area contributed by atoms with E-state index in [0.29, 0.717) is 31.1 Å². The highest BCUT2D eigenvalue weighted by atomic mass is 32.2. The average Bonchev–Trinajstić information content (AvgIpc) is 2.42. The second-order valence-electron chi connectivity index (χ2n) is 4.98. The first-order valence-corrected chi connectivity index (χ1v) is 8.27. The molecule has 6 heteroatoms. The molecule has 1 aliphatic rings. The molecule has 1 aromatic rings. The molecule has 0 radical (unpaired) electrons. The van der Waals surface area contributed by atoms with E-state index in [1.807, 2.05) is 19.1 Å². The quantitative estimate of drug-likeness (QED) is 0.899. The summed E-state index contributed by atoms with van der Waals surface area (Å²) in [6.45, 7) is 5.33. The minimum absolute atomic E-state index is 0.301. The van der Waals surface area contributed by atoms with Crippen LogP contribution in [-0.2, 0) is 19.5 Å². The van der Waals surface area contributed by atoms with Gasteiger partial charge >= 0.3 is 0 Å². The maximum Gasteiger partial charge on any atom is 0.240 e. The third-order valence-corrected chi connectivity index (χ3v) is 4.80. The molecule has 0 amide bonds. The summed E-state index contributed by atoms with van der Waals surface area (Å²) >= 11 is 0. The summed E-state index contributed by atoms with van der Waals surface area (Å²) in [7, 11) is -3.48. The Balaban J connectivity index is 1.95. The molecule has 20 heavy (non-hydrogen) atoms. The molecule has 1 saturated heterocycles. The standard InChI is InChI=1S/C14H21NO4S/c1-11-4-5-12(2)13(10-11)20(16,17)15-7-6-14-18-8-3-9-19-14/h4-5,10,14-15H,3,6-9H2,1-2H3. The Kier molecular flexibility index (Phi) is 5.15. The van der Waals surface area contributed by atoms with E-state index >= 15 is 0 Å². The van der Waals surface area contributed by atoms with E-state index in [-0.39, 0.29) is 6.29 Å². The number of hydrogen-bond donors (Lipinski definition) is 1. The molecule has 1 heterocycles. The van der Waals surface area contributed by atoms with Crippen LogP contribution in [0, 0.1) is 13.8 Å². The number of ether oxygens (including phenoxy) is 2. The Hall–Kier alpha value is -0.950. The van der Waals surface area contributed by atoms with E-state index in [9.17, 15) is 8.42 Å². The van der Waals surface area contributed by atoms with Gasteiger partial charge in [-0.3, -0.25) is 0 Å². The summed E-state index contributed by atoms with van der Waals surface area (Å²) in [6, 6.07) is 5.40. The maximum atomic E-state index is 12.3. The number of nitrogens with one attached hydrogen (secondary N) is 1. The van der Waals surface area contributed by atoms with Gasteiger partial charge in [-0.25, -0.2) is 13.1 Å². The van der Waals surface area contributed by atoms with Crippen LogP contribution in [0.5, 0.6) is 0 Å². The van der Waals surface area contributed by atoms with Crippen LogP contribution in [0.1, 0.15) is 24.0 Å². The van der Waals surface area contributed by atoms with Crippen molar-refractivity contribution in [2.45, 2.75) is 37.9 Å². The number of aryl methyl sites for hydroxylation is 2. The number of sulfonamides is 1. The van der Waals surface area contributed by atoms with Crippen LogP contribution in [0.3, 0.4) is 0 Å². The van der Waals surface area contributed by atoms with Gasteiger partial charge in [0.1, 0.15) is 0 Å². The first-order valence-electron chi connectivity index (χ1n) is 6.79. The van der Waals surface area contributed by atoms with Gasteiger partial charge in [0.05, 0.1) is 18.1 Å². The van der Waals surface area contributed by atoms with Gasteiger partial charge in [0.15, 0.2) is 6.29 Å². The fraction of sp³-hybridized carbons (Fsp3) is 0.571. The topological polar surface area (TPSA) is 64.6 Å². The highest BCUT2D eigenvalue weighted by molar-refractivity contribution is 7.89. The number of hydrogen-bond acceptors (Lipinski definition) is 4. The van der Waals surface area contributed by atoms with Gasteiger partial charge in [-0.1, -0.05) is 12.1 Å². The fourth-order valence-corrected chi connectivity index (χ4v) is 3.46. The molecule has 1 fully saturated rings. The van der Waals surface area contributed by atoms with E-state index in [0.717, 1.165) is 17.5 Å². The van der Waals surface area contributed by atoms with E-state index in [4.69, 9.17) is 9.47 Å². The molecule has 5 nitrogen and oxygen atoms in total. The lowest BCUT2D eigenvalue weighted by molar-refractivity contribution is -0.180. The van der Waals surface area contributed by atoms with Gasteiger partial charge in [0, 0.05) is 13.0 Å². The minimum Gasteiger partial charge on any atom is -0.353 e. The molecule has 0 bridgehead atoms. The van der Waals surface area contributed by atoms with Gasteiger partial charge in [0.25, 0.3) is 0 Å². The molecule has 0 unspecified atom stereocenters. The molecule has 0 aromatic heterocycles. The lowest BCUT2D eigenvalue weighted by atomic mass is 10.2. The zero-order valence-electron chi connectivity index (χ0n) is 11.9. The molecule has 1 aromatic carbocycles. The van der Waals surface area contributed by atoms with Gasteiger partial charge in [-0.2, -0.15) is 0 Å². The minimum atomic E-state index is -3.48. The predicted molar refractivity (Wildman–Crippen MR) is 76.0 cm³/mol. The fourth-order valence-electron chi connectivity index (χ4n) is 2.09. The third kappa shape index (κ3) is 4.02. The highest BCUT2D eigenvalue weighted by Crippen LogP contribution is 2.16. The highest BCUT2D eigenvalue weighted by Gasteiger charge is 2.19. The van der Waals surface area contributed by atoms with Crippen LogP contribution in [0.2, 0.25) is 0 Å². The van der Waals surface area contributed by atoms with Crippen molar-refractivity contribution in [2.75, 3.05) is 19.8 Å². The molecular formula is C14H21NO4S. The summed E-state index contributed by atoms with van der Waals surface area (Å²) < 4.78 is 37.9. The zero-order valence-corrected chi connectivity index (χ0v) is 12.7. The monoisotopic (exact) mass is 299 g/mol. The number of rotatable bonds is 5. The summed E-state index contributed by atoms with van der Waals surface area (Å²) in [4.78, 5) is 0.336. The van der Waals surface area contributed by atoms with E-state index in [2.05, 4.69) is 4.72 Å².